The Labute approximate surface area is 127 Å². The summed E-state index contributed by atoms with van der Waals surface area (Å²) >= 11 is 0. The minimum atomic E-state index is -0.476. The molecule has 0 saturated carbocycles. The molecule has 21 heavy (non-hydrogen) atoms. The lowest BCUT2D eigenvalue weighted by molar-refractivity contribution is 0.00450. The van der Waals surface area contributed by atoms with Crippen LogP contribution in [0.25, 0.3) is 0 Å². The van der Waals surface area contributed by atoms with E-state index in [1.165, 1.54) is 5.56 Å². The highest BCUT2D eigenvalue weighted by molar-refractivity contribution is 5.38. The Balaban J connectivity index is 1.87. The Bertz CT molecular complexity index is 436. The molecule has 1 saturated heterocycles. The summed E-state index contributed by atoms with van der Waals surface area (Å²) in [6.45, 7) is 10.7. The molecule has 1 heterocycles. The summed E-state index contributed by atoms with van der Waals surface area (Å²) in [5.74, 6) is 0.867. The third-order valence-electron chi connectivity index (χ3n) is 3.70. The number of benzene rings is 1. The fraction of sp³-hybridized carbons (Fsp3) is 0.647. The van der Waals surface area contributed by atoms with Gasteiger partial charge in [-0.3, -0.25) is 4.90 Å². The van der Waals surface area contributed by atoms with Crippen LogP contribution in [0, 0.1) is 0 Å². The zero-order chi connectivity index (χ0) is 15.3. The maximum absolute atomic E-state index is 10.1. The normalized spacial score (nSPS) is 18.5. The fourth-order valence-electron chi connectivity index (χ4n) is 2.53. The number of morpholine rings is 1. The smallest absolute Gasteiger partial charge is 0.123 e. The van der Waals surface area contributed by atoms with E-state index in [0.29, 0.717) is 13.2 Å². The maximum Gasteiger partial charge on any atom is 0.123 e. The molecule has 0 amide bonds. The molecular weight excluding hydrogens is 266 g/mol. The van der Waals surface area contributed by atoms with Crippen LogP contribution in [0.15, 0.2) is 24.3 Å². The zero-order valence-corrected chi connectivity index (χ0v) is 13.3. The highest BCUT2D eigenvalue weighted by atomic mass is 16.5. The molecule has 1 aliphatic heterocycles. The number of aliphatic hydroxyl groups excluding tert-OH is 1. The molecule has 118 valence electrons. The van der Waals surface area contributed by atoms with Gasteiger partial charge in [0.25, 0.3) is 0 Å². The number of β-amino-alcohol motifs (C(OH)–C–C–N with tert-alkyl or cyclic N) is 1. The first-order chi connectivity index (χ1) is 9.97. The predicted octanol–water partition coefficient (Wildman–Crippen LogP) is 2.06. The highest BCUT2D eigenvalue weighted by Crippen LogP contribution is 2.30. The van der Waals surface area contributed by atoms with Crippen molar-refractivity contribution in [3.05, 3.63) is 29.8 Å². The molecule has 0 radical (unpaired) electrons. The second-order valence-electron chi connectivity index (χ2n) is 6.62. The van der Waals surface area contributed by atoms with Crippen molar-refractivity contribution in [2.75, 3.05) is 39.5 Å². The van der Waals surface area contributed by atoms with E-state index in [4.69, 9.17) is 9.47 Å². The van der Waals surface area contributed by atoms with Crippen LogP contribution in [0.5, 0.6) is 5.75 Å². The second kappa shape index (κ2) is 7.25. The van der Waals surface area contributed by atoms with Gasteiger partial charge in [-0.05, 0) is 17.0 Å². The van der Waals surface area contributed by atoms with Gasteiger partial charge >= 0.3 is 0 Å². The van der Waals surface area contributed by atoms with Gasteiger partial charge in [-0.1, -0.05) is 39.0 Å². The summed E-state index contributed by atoms with van der Waals surface area (Å²) in [6.07, 6.45) is -0.476. The maximum atomic E-state index is 10.1. The average molecular weight is 293 g/mol. The highest BCUT2D eigenvalue weighted by Gasteiger charge is 2.20. The number of hydrogen-bond donors (Lipinski definition) is 1. The zero-order valence-electron chi connectivity index (χ0n) is 13.3. The van der Waals surface area contributed by atoms with Crippen molar-refractivity contribution in [3.8, 4) is 5.75 Å². The molecule has 0 aromatic heterocycles. The van der Waals surface area contributed by atoms with E-state index >= 15 is 0 Å². The van der Waals surface area contributed by atoms with E-state index in [1.54, 1.807) is 0 Å². The Morgan fingerprint density at radius 1 is 1.24 bits per heavy atom. The molecule has 0 aliphatic carbocycles. The number of rotatable bonds is 5. The second-order valence-corrected chi connectivity index (χ2v) is 6.62. The number of aliphatic hydroxyl groups is 1. The van der Waals surface area contributed by atoms with Gasteiger partial charge in [-0.25, -0.2) is 0 Å². The molecule has 1 N–H and O–H groups in total. The van der Waals surface area contributed by atoms with Crippen molar-refractivity contribution >= 4 is 0 Å². The van der Waals surface area contributed by atoms with Gasteiger partial charge in [-0.15, -0.1) is 0 Å². The molecule has 1 aliphatic rings. The lowest BCUT2D eigenvalue weighted by Crippen LogP contribution is -2.42. The van der Waals surface area contributed by atoms with E-state index in [9.17, 15) is 5.11 Å². The van der Waals surface area contributed by atoms with Crippen LogP contribution in [0.1, 0.15) is 26.3 Å². The van der Waals surface area contributed by atoms with E-state index < -0.39 is 6.10 Å². The predicted molar refractivity (Wildman–Crippen MR) is 83.9 cm³/mol. The number of ether oxygens (including phenoxy) is 2. The quantitative estimate of drug-likeness (QED) is 0.902. The molecule has 1 atom stereocenters. The molecule has 1 unspecified atom stereocenters. The largest absolute Gasteiger partial charge is 0.491 e. The molecule has 1 aromatic rings. The van der Waals surface area contributed by atoms with Crippen molar-refractivity contribution < 1.29 is 14.6 Å². The minimum Gasteiger partial charge on any atom is -0.491 e. The third kappa shape index (κ3) is 4.99. The lowest BCUT2D eigenvalue weighted by atomic mass is 9.86. The Kier molecular flexibility index (Phi) is 5.62. The average Bonchev–Trinajstić information content (AvgIpc) is 2.45. The molecule has 2 rings (SSSR count). The standard InChI is InChI=1S/C17H27NO3/c1-17(2,3)15-6-4-5-7-16(15)21-13-14(19)12-18-8-10-20-11-9-18/h4-7,14,19H,8-13H2,1-3H3. The molecular formula is C17H27NO3. The van der Waals surface area contributed by atoms with Gasteiger partial charge in [0.15, 0.2) is 0 Å². The van der Waals surface area contributed by atoms with E-state index in [1.807, 2.05) is 18.2 Å². The lowest BCUT2D eigenvalue weighted by Gasteiger charge is -2.29. The van der Waals surface area contributed by atoms with Crippen molar-refractivity contribution in [2.45, 2.75) is 32.3 Å². The van der Waals surface area contributed by atoms with Gasteiger partial charge in [0, 0.05) is 19.6 Å². The molecule has 1 fully saturated rings. The summed E-state index contributed by atoms with van der Waals surface area (Å²) in [5, 5.41) is 10.1. The Hall–Kier alpha value is -1.10. The van der Waals surface area contributed by atoms with Crippen LogP contribution < -0.4 is 4.74 Å². The molecule has 4 heteroatoms. The molecule has 0 spiro atoms. The summed E-state index contributed by atoms with van der Waals surface area (Å²) in [6, 6.07) is 8.06. The summed E-state index contributed by atoms with van der Waals surface area (Å²) in [4.78, 5) is 2.22. The van der Waals surface area contributed by atoms with E-state index in [2.05, 4.69) is 31.7 Å². The third-order valence-corrected chi connectivity index (χ3v) is 3.70. The summed E-state index contributed by atoms with van der Waals surface area (Å²) in [7, 11) is 0. The fourth-order valence-corrected chi connectivity index (χ4v) is 2.53. The molecule has 1 aromatic carbocycles. The Morgan fingerprint density at radius 3 is 2.57 bits per heavy atom. The topological polar surface area (TPSA) is 41.9 Å². The minimum absolute atomic E-state index is 0.0335. The SMILES string of the molecule is CC(C)(C)c1ccccc1OCC(O)CN1CCOCC1. The summed E-state index contributed by atoms with van der Waals surface area (Å²) in [5.41, 5.74) is 1.20. The van der Waals surface area contributed by atoms with Crippen LogP contribution in [0.2, 0.25) is 0 Å². The first kappa shape index (κ1) is 16.3. The van der Waals surface area contributed by atoms with Crippen LogP contribution in [0.3, 0.4) is 0 Å². The molecule has 4 nitrogen and oxygen atoms in total. The van der Waals surface area contributed by atoms with Gasteiger partial charge < -0.3 is 14.6 Å². The first-order valence-corrected chi connectivity index (χ1v) is 7.67. The van der Waals surface area contributed by atoms with Gasteiger partial charge in [-0.2, -0.15) is 0 Å². The van der Waals surface area contributed by atoms with Gasteiger partial charge in [0.05, 0.1) is 13.2 Å². The van der Waals surface area contributed by atoms with E-state index in [0.717, 1.165) is 32.1 Å². The van der Waals surface area contributed by atoms with Crippen LogP contribution in [0.4, 0.5) is 0 Å². The van der Waals surface area contributed by atoms with Gasteiger partial charge in [0.1, 0.15) is 18.5 Å². The van der Waals surface area contributed by atoms with Crippen LogP contribution in [-0.2, 0) is 10.2 Å². The van der Waals surface area contributed by atoms with Crippen LogP contribution in [-0.4, -0.2) is 55.6 Å². The Morgan fingerprint density at radius 2 is 1.90 bits per heavy atom. The van der Waals surface area contributed by atoms with Crippen molar-refractivity contribution in [3.63, 3.8) is 0 Å². The molecule has 0 bridgehead atoms. The van der Waals surface area contributed by atoms with Crippen molar-refractivity contribution in [2.24, 2.45) is 0 Å². The monoisotopic (exact) mass is 293 g/mol. The first-order valence-electron chi connectivity index (χ1n) is 7.67. The van der Waals surface area contributed by atoms with Gasteiger partial charge in [0.2, 0.25) is 0 Å². The summed E-state index contributed by atoms with van der Waals surface area (Å²) < 4.78 is 11.2. The number of para-hydroxylation sites is 1. The number of hydrogen-bond acceptors (Lipinski definition) is 4. The van der Waals surface area contributed by atoms with E-state index in [-0.39, 0.29) is 5.41 Å². The van der Waals surface area contributed by atoms with Crippen molar-refractivity contribution in [1.82, 2.24) is 4.90 Å². The van der Waals surface area contributed by atoms with Crippen molar-refractivity contribution in [1.29, 1.82) is 0 Å². The number of nitrogens with zero attached hydrogens (tertiary/aromatic N) is 1. The van der Waals surface area contributed by atoms with Crippen LogP contribution >= 0.6 is 0 Å².